The number of carbonyl (C=O) groups is 1. The normalized spacial score (nSPS) is 24.6. The van der Waals surface area contributed by atoms with Gasteiger partial charge in [0.05, 0.1) is 10.3 Å². The monoisotopic (exact) mass is 372 g/mol. The molecule has 130 valence electrons. The number of nitrogens with zero attached hydrogens (tertiary/aromatic N) is 1. The van der Waals surface area contributed by atoms with Crippen LogP contribution in [0.15, 0.2) is 41.6 Å². The Morgan fingerprint density at radius 1 is 1.24 bits per heavy atom. The summed E-state index contributed by atoms with van der Waals surface area (Å²) < 4.78 is 0.512. The van der Waals surface area contributed by atoms with Crippen LogP contribution in [-0.4, -0.2) is 10.8 Å². The average molecular weight is 373 g/mol. The first-order chi connectivity index (χ1) is 11.9. The van der Waals surface area contributed by atoms with E-state index in [9.17, 15) is 4.79 Å². The minimum atomic E-state index is -0.463. The van der Waals surface area contributed by atoms with Crippen LogP contribution in [0.25, 0.3) is 0 Å². The van der Waals surface area contributed by atoms with Crippen molar-refractivity contribution < 1.29 is 4.79 Å². The number of fused-ring (bicyclic) bond motifs is 1. The highest BCUT2D eigenvalue weighted by Crippen LogP contribution is 2.56. The Morgan fingerprint density at radius 3 is 2.64 bits per heavy atom. The van der Waals surface area contributed by atoms with E-state index in [2.05, 4.69) is 43.2 Å². The van der Waals surface area contributed by atoms with Gasteiger partial charge in [0.1, 0.15) is 5.82 Å². The third-order valence-corrected chi connectivity index (χ3v) is 6.68. The summed E-state index contributed by atoms with van der Waals surface area (Å²) in [5.74, 6) is 1.05. The predicted octanol–water partition coefficient (Wildman–Crippen LogP) is 5.56. The predicted molar refractivity (Wildman–Crippen MR) is 103 cm³/mol. The number of ketones is 1. The van der Waals surface area contributed by atoms with Gasteiger partial charge < -0.3 is 5.32 Å². The lowest BCUT2D eigenvalue weighted by Crippen LogP contribution is -2.42. The van der Waals surface area contributed by atoms with E-state index < -0.39 is 5.41 Å². The second kappa shape index (κ2) is 5.68. The molecule has 1 N–H and O–H groups in total. The lowest BCUT2D eigenvalue weighted by Gasteiger charge is -2.44. The molecule has 0 saturated carbocycles. The van der Waals surface area contributed by atoms with Crippen LogP contribution in [0.5, 0.6) is 0 Å². The molecule has 1 aromatic carbocycles. The summed E-state index contributed by atoms with van der Waals surface area (Å²) >= 11 is 7.76. The summed E-state index contributed by atoms with van der Waals surface area (Å²) in [6.45, 7) is 6.44. The van der Waals surface area contributed by atoms with Gasteiger partial charge in [-0.15, -0.1) is 11.3 Å². The van der Waals surface area contributed by atoms with Gasteiger partial charge in [-0.2, -0.15) is 0 Å². The first-order valence-electron chi connectivity index (χ1n) is 8.63. The molecular formula is C20H21ClN2OS. The van der Waals surface area contributed by atoms with Gasteiger partial charge in [0.25, 0.3) is 0 Å². The van der Waals surface area contributed by atoms with Gasteiger partial charge in [0, 0.05) is 17.7 Å². The third kappa shape index (κ3) is 2.46. The van der Waals surface area contributed by atoms with Crippen molar-refractivity contribution in [2.75, 3.05) is 5.32 Å². The molecule has 1 aliphatic heterocycles. The van der Waals surface area contributed by atoms with E-state index in [0.29, 0.717) is 10.9 Å². The van der Waals surface area contributed by atoms with Crippen LogP contribution in [-0.2, 0) is 10.2 Å². The van der Waals surface area contributed by atoms with E-state index in [1.807, 2.05) is 18.2 Å². The number of hydrogen-bond donors (Lipinski definition) is 1. The summed E-state index contributed by atoms with van der Waals surface area (Å²) in [7, 11) is 0. The largest absolute Gasteiger partial charge is 0.342 e. The van der Waals surface area contributed by atoms with Gasteiger partial charge >= 0.3 is 0 Å². The van der Waals surface area contributed by atoms with Crippen LogP contribution in [0.1, 0.15) is 50.5 Å². The second-order valence-electron chi connectivity index (χ2n) is 7.69. The number of hydrogen-bond acceptors (Lipinski definition) is 4. The molecule has 0 bridgehead atoms. The standard InChI is InChI=1S/C20H21ClN2OS/c1-4-20(12-8-6-5-7-9-12)15-13(10-19(2,3)11-14(15)24)22-17-16(20)25-18(21)23-17/h5-9,22H,4,10-11H2,1-3H3/t20-/m0/s1. The van der Waals surface area contributed by atoms with E-state index in [-0.39, 0.29) is 11.2 Å². The zero-order valence-electron chi connectivity index (χ0n) is 14.6. The van der Waals surface area contributed by atoms with Crippen LogP contribution in [0.4, 0.5) is 5.82 Å². The topological polar surface area (TPSA) is 42.0 Å². The molecule has 1 atom stereocenters. The second-order valence-corrected chi connectivity index (χ2v) is 9.27. The molecule has 2 heterocycles. The molecule has 0 unspecified atom stereocenters. The zero-order chi connectivity index (χ0) is 17.8. The van der Waals surface area contributed by atoms with Crippen molar-refractivity contribution >= 4 is 34.5 Å². The van der Waals surface area contributed by atoms with E-state index in [1.54, 1.807) is 0 Å². The Kier molecular flexibility index (Phi) is 3.82. The first-order valence-corrected chi connectivity index (χ1v) is 9.83. The lowest BCUT2D eigenvalue weighted by atomic mass is 9.62. The molecule has 2 aliphatic rings. The van der Waals surface area contributed by atoms with E-state index in [4.69, 9.17) is 11.6 Å². The van der Waals surface area contributed by atoms with Gasteiger partial charge in [0.15, 0.2) is 10.3 Å². The van der Waals surface area contributed by atoms with Crippen LogP contribution >= 0.6 is 22.9 Å². The maximum absolute atomic E-state index is 13.3. The Labute approximate surface area is 157 Å². The molecule has 0 saturated heterocycles. The van der Waals surface area contributed by atoms with Crippen LogP contribution in [0.2, 0.25) is 4.47 Å². The smallest absolute Gasteiger partial charge is 0.185 e. The van der Waals surface area contributed by atoms with E-state index in [1.165, 1.54) is 11.3 Å². The molecule has 5 heteroatoms. The molecule has 0 spiro atoms. The van der Waals surface area contributed by atoms with Crippen LogP contribution < -0.4 is 5.32 Å². The fourth-order valence-corrected chi connectivity index (χ4v) is 5.74. The summed E-state index contributed by atoms with van der Waals surface area (Å²) in [4.78, 5) is 18.8. The van der Waals surface area contributed by atoms with E-state index in [0.717, 1.165) is 40.4 Å². The summed E-state index contributed by atoms with van der Waals surface area (Å²) in [5, 5.41) is 3.44. The number of allylic oxidation sites excluding steroid dienone is 2. The highest BCUT2D eigenvalue weighted by atomic mass is 35.5. The Morgan fingerprint density at radius 2 is 1.96 bits per heavy atom. The maximum Gasteiger partial charge on any atom is 0.185 e. The number of aromatic nitrogens is 1. The van der Waals surface area contributed by atoms with Crippen molar-refractivity contribution in [2.45, 2.75) is 45.4 Å². The van der Waals surface area contributed by atoms with Crippen molar-refractivity contribution in [2.24, 2.45) is 5.41 Å². The highest BCUT2D eigenvalue weighted by Gasteiger charge is 2.50. The molecular weight excluding hydrogens is 352 g/mol. The van der Waals surface area contributed by atoms with Crippen molar-refractivity contribution in [3.8, 4) is 0 Å². The van der Waals surface area contributed by atoms with Crippen molar-refractivity contribution in [3.05, 3.63) is 56.5 Å². The van der Waals surface area contributed by atoms with Crippen LogP contribution in [0.3, 0.4) is 0 Å². The molecule has 1 aromatic heterocycles. The first kappa shape index (κ1) is 16.8. The Balaban J connectivity index is 2.04. The molecule has 4 rings (SSSR count). The number of halogens is 1. The highest BCUT2D eigenvalue weighted by molar-refractivity contribution is 7.16. The van der Waals surface area contributed by atoms with Gasteiger partial charge in [-0.05, 0) is 23.8 Å². The summed E-state index contributed by atoms with van der Waals surface area (Å²) in [5.41, 5.74) is 2.56. The number of benzene rings is 1. The number of carbonyl (C=O) groups excluding carboxylic acids is 1. The fourth-order valence-electron chi connectivity index (χ4n) is 4.39. The zero-order valence-corrected chi connectivity index (χ0v) is 16.2. The van der Waals surface area contributed by atoms with Crippen LogP contribution in [0, 0.1) is 5.41 Å². The number of Topliss-reactive ketones (excluding diaryl/α,β-unsaturated/α-hetero) is 1. The number of anilines is 1. The number of nitrogens with one attached hydrogen (secondary N) is 1. The van der Waals surface area contributed by atoms with Crippen molar-refractivity contribution in [1.82, 2.24) is 4.98 Å². The molecule has 2 aromatic rings. The Hall–Kier alpha value is -1.65. The van der Waals surface area contributed by atoms with Crippen molar-refractivity contribution in [1.29, 1.82) is 0 Å². The summed E-state index contributed by atoms with van der Waals surface area (Å²) in [6.07, 6.45) is 2.22. The summed E-state index contributed by atoms with van der Waals surface area (Å²) in [6, 6.07) is 10.3. The minimum Gasteiger partial charge on any atom is -0.342 e. The third-order valence-electron chi connectivity index (χ3n) is 5.36. The molecule has 0 radical (unpaired) electrons. The molecule has 25 heavy (non-hydrogen) atoms. The average Bonchev–Trinajstić information content (AvgIpc) is 2.92. The van der Waals surface area contributed by atoms with Gasteiger partial charge in [-0.3, -0.25) is 4.79 Å². The lowest BCUT2D eigenvalue weighted by molar-refractivity contribution is -0.118. The number of thiazole rings is 1. The van der Waals surface area contributed by atoms with Gasteiger partial charge in [0.2, 0.25) is 0 Å². The van der Waals surface area contributed by atoms with Crippen molar-refractivity contribution in [3.63, 3.8) is 0 Å². The molecule has 1 aliphatic carbocycles. The maximum atomic E-state index is 13.3. The Bertz CT molecular complexity index is 884. The van der Waals surface area contributed by atoms with E-state index >= 15 is 0 Å². The minimum absolute atomic E-state index is 0.0452. The van der Waals surface area contributed by atoms with Gasteiger partial charge in [-0.1, -0.05) is 62.7 Å². The van der Waals surface area contributed by atoms with Gasteiger partial charge in [-0.25, -0.2) is 4.98 Å². The molecule has 0 fully saturated rings. The molecule has 3 nitrogen and oxygen atoms in total. The number of rotatable bonds is 2. The molecule has 0 amide bonds. The quantitative estimate of drug-likeness (QED) is 0.750. The SMILES string of the molecule is CC[C@]1(c2ccccc2)C2=C(CC(C)(C)CC2=O)Nc2nc(Cl)sc21. The fraction of sp³-hybridized carbons (Fsp3) is 0.400.